The normalized spacial score (nSPS) is 25.5. The number of likely N-dealkylation sites (N-methyl/N-ethyl adjacent to an activating group) is 1. The van der Waals surface area contributed by atoms with Crippen molar-refractivity contribution in [1.29, 1.82) is 0 Å². The summed E-state index contributed by atoms with van der Waals surface area (Å²) < 4.78 is 31.8. The highest BCUT2D eigenvalue weighted by Gasteiger charge is 2.48. The first-order valence-corrected chi connectivity index (χ1v) is 13.1. The van der Waals surface area contributed by atoms with Crippen molar-refractivity contribution in [3.05, 3.63) is 12.2 Å². The third-order valence-corrected chi connectivity index (χ3v) is 8.19. The van der Waals surface area contributed by atoms with E-state index in [0.29, 0.717) is 25.3 Å². The van der Waals surface area contributed by atoms with Crippen LogP contribution >= 0.6 is 0 Å². The van der Waals surface area contributed by atoms with Crippen molar-refractivity contribution < 1.29 is 27.9 Å². The number of carboxylic acids is 1. The molecule has 2 fully saturated rings. The van der Waals surface area contributed by atoms with Gasteiger partial charge in [0.05, 0.1) is 24.5 Å². The number of hydrogen-bond acceptors (Lipinski definition) is 5. The molecule has 2 bridgehead atoms. The first-order chi connectivity index (χ1) is 14.7. The number of fused-ring (bicyclic) bond motifs is 2. The maximum atomic E-state index is 12.4. The Bertz CT molecular complexity index is 724. The van der Waals surface area contributed by atoms with Crippen molar-refractivity contribution in [2.75, 3.05) is 25.9 Å². The molecule has 0 unspecified atom stereocenters. The standard InChI is InChI=1S/C22H38N2O6S/c1-3-4-9-14-31(28,29)24(2)16-21(25)23-15-18-17(19-12-13-20(18)30-19)10-7-5-6-8-11-22(26)27/h5,7,17-20H,3-4,6,8-16H2,1-2H3,(H,23,25)(H,26,27)/b7-5-/t17-,18+,19-,20+/m1/s1. The lowest BCUT2D eigenvalue weighted by Crippen LogP contribution is -2.43. The summed E-state index contributed by atoms with van der Waals surface area (Å²) in [4.78, 5) is 22.9. The summed E-state index contributed by atoms with van der Waals surface area (Å²) >= 11 is 0. The molecule has 31 heavy (non-hydrogen) atoms. The van der Waals surface area contributed by atoms with E-state index in [-0.39, 0.29) is 42.8 Å². The Morgan fingerprint density at radius 3 is 2.52 bits per heavy atom. The van der Waals surface area contributed by atoms with E-state index < -0.39 is 16.0 Å². The molecule has 4 atom stereocenters. The zero-order valence-corrected chi connectivity index (χ0v) is 19.6. The smallest absolute Gasteiger partial charge is 0.303 e. The van der Waals surface area contributed by atoms with Crippen LogP contribution in [0.3, 0.4) is 0 Å². The molecule has 2 aliphatic rings. The summed E-state index contributed by atoms with van der Waals surface area (Å²) in [7, 11) is -1.95. The van der Waals surface area contributed by atoms with Crippen LogP contribution in [0.1, 0.15) is 64.7 Å². The van der Waals surface area contributed by atoms with Crippen LogP contribution in [0, 0.1) is 11.8 Å². The maximum absolute atomic E-state index is 12.4. The molecule has 0 aromatic carbocycles. The molecule has 0 aromatic heterocycles. The van der Waals surface area contributed by atoms with E-state index in [0.717, 1.165) is 42.8 Å². The highest BCUT2D eigenvalue weighted by Crippen LogP contribution is 2.44. The topological polar surface area (TPSA) is 113 Å². The summed E-state index contributed by atoms with van der Waals surface area (Å²) in [5.41, 5.74) is 0. The third kappa shape index (κ3) is 8.20. The predicted molar refractivity (Wildman–Crippen MR) is 119 cm³/mol. The molecule has 0 saturated carbocycles. The molecule has 2 rings (SSSR count). The van der Waals surface area contributed by atoms with Gasteiger partial charge in [0.15, 0.2) is 0 Å². The molecule has 1 amide bonds. The molecule has 0 aromatic rings. The SMILES string of the molecule is CCCCCS(=O)(=O)N(C)CC(=O)NC[C@H]1[C@@H](C/C=C\CCCC(=O)O)[C@H]2CC[C@@H]1O2. The number of hydrogen-bond donors (Lipinski definition) is 2. The third-order valence-electron chi connectivity index (χ3n) is 6.31. The van der Waals surface area contributed by atoms with Crippen molar-refractivity contribution in [3.8, 4) is 0 Å². The number of carbonyl (C=O) groups excluding carboxylic acids is 1. The fourth-order valence-electron chi connectivity index (χ4n) is 4.50. The van der Waals surface area contributed by atoms with Crippen molar-refractivity contribution in [3.63, 3.8) is 0 Å². The Balaban J connectivity index is 1.77. The minimum Gasteiger partial charge on any atom is -0.481 e. The lowest BCUT2D eigenvalue weighted by Gasteiger charge is -2.27. The van der Waals surface area contributed by atoms with E-state index in [1.54, 1.807) is 0 Å². The lowest BCUT2D eigenvalue weighted by molar-refractivity contribution is -0.137. The molecule has 178 valence electrons. The number of allylic oxidation sites excluding steroid dienone is 2. The molecule has 2 saturated heterocycles. The number of rotatable bonds is 15. The highest BCUT2D eigenvalue weighted by molar-refractivity contribution is 7.89. The van der Waals surface area contributed by atoms with Crippen molar-refractivity contribution in [2.24, 2.45) is 11.8 Å². The first kappa shape index (κ1) is 25.8. The molecule has 0 aliphatic carbocycles. The highest BCUT2D eigenvalue weighted by atomic mass is 32.2. The first-order valence-electron chi connectivity index (χ1n) is 11.5. The second-order valence-electron chi connectivity index (χ2n) is 8.69. The number of ether oxygens (including phenoxy) is 1. The van der Waals surface area contributed by atoms with E-state index in [4.69, 9.17) is 9.84 Å². The van der Waals surface area contributed by atoms with Crippen LogP contribution in [-0.2, 0) is 24.3 Å². The van der Waals surface area contributed by atoms with Gasteiger partial charge in [0.2, 0.25) is 15.9 Å². The fourth-order valence-corrected chi connectivity index (χ4v) is 5.70. The van der Waals surface area contributed by atoms with Crippen LogP contribution in [-0.4, -0.2) is 67.8 Å². The lowest BCUT2D eigenvalue weighted by atomic mass is 9.77. The quantitative estimate of drug-likeness (QED) is 0.288. The summed E-state index contributed by atoms with van der Waals surface area (Å²) in [6, 6.07) is 0. The van der Waals surface area contributed by atoms with Gasteiger partial charge in [0, 0.05) is 25.9 Å². The Kier molecular flexibility index (Phi) is 10.4. The Hall–Kier alpha value is -1.45. The summed E-state index contributed by atoms with van der Waals surface area (Å²) in [5.74, 6) is -0.438. The Morgan fingerprint density at radius 1 is 1.13 bits per heavy atom. The minimum absolute atomic E-state index is 0.0751. The van der Waals surface area contributed by atoms with Crippen LogP contribution in [0.4, 0.5) is 0 Å². The fraction of sp³-hybridized carbons (Fsp3) is 0.818. The van der Waals surface area contributed by atoms with Crippen LogP contribution in [0.15, 0.2) is 12.2 Å². The Labute approximate surface area is 186 Å². The predicted octanol–water partition coefficient (Wildman–Crippen LogP) is 2.55. The minimum atomic E-state index is -3.41. The molecular formula is C22H38N2O6S. The average molecular weight is 459 g/mol. The number of carboxylic acid groups (broad SMARTS) is 1. The molecule has 2 heterocycles. The number of nitrogens with one attached hydrogen (secondary N) is 1. The number of unbranched alkanes of at least 4 members (excludes halogenated alkanes) is 3. The maximum Gasteiger partial charge on any atom is 0.303 e. The van der Waals surface area contributed by atoms with Crippen LogP contribution < -0.4 is 5.32 Å². The average Bonchev–Trinajstić information content (AvgIpc) is 3.30. The number of nitrogens with zero attached hydrogens (tertiary/aromatic N) is 1. The second kappa shape index (κ2) is 12.6. The van der Waals surface area contributed by atoms with Crippen LogP contribution in [0.25, 0.3) is 0 Å². The van der Waals surface area contributed by atoms with Gasteiger partial charge >= 0.3 is 5.97 Å². The summed E-state index contributed by atoms with van der Waals surface area (Å²) in [5, 5.41) is 11.6. The van der Waals surface area contributed by atoms with Gasteiger partial charge in [-0.25, -0.2) is 8.42 Å². The van der Waals surface area contributed by atoms with Crippen molar-refractivity contribution >= 4 is 21.9 Å². The van der Waals surface area contributed by atoms with Crippen LogP contribution in [0.5, 0.6) is 0 Å². The Morgan fingerprint density at radius 2 is 1.84 bits per heavy atom. The number of aliphatic carboxylic acids is 1. The van der Waals surface area contributed by atoms with E-state index in [9.17, 15) is 18.0 Å². The van der Waals surface area contributed by atoms with Gasteiger partial charge in [-0.1, -0.05) is 31.9 Å². The number of amides is 1. The van der Waals surface area contributed by atoms with Gasteiger partial charge in [-0.15, -0.1) is 0 Å². The largest absolute Gasteiger partial charge is 0.481 e. The van der Waals surface area contributed by atoms with Gasteiger partial charge in [-0.2, -0.15) is 4.31 Å². The summed E-state index contributed by atoms with van der Waals surface area (Å²) in [6.45, 7) is 2.34. The summed E-state index contributed by atoms with van der Waals surface area (Å²) in [6.07, 6.45) is 11.3. The number of sulfonamides is 1. The van der Waals surface area contributed by atoms with E-state index in [2.05, 4.69) is 11.4 Å². The molecule has 2 N–H and O–H groups in total. The zero-order valence-electron chi connectivity index (χ0n) is 18.8. The van der Waals surface area contributed by atoms with Gasteiger partial charge in [0.1, 0.15) is 0 Å². The molecule has 0 spiro atoms. The van der Waals surface area contributed by atoms with E-state index >= 15 is 0 Å². The molecule has 8 nitrogen and oxygen atoms in total. The zero-order chi connectivity index (χ0) is 22.9. The van der Waals surface area contributed by atoms with E-state index in [1.807, 2.05) is 13.0 Å². The van der Waals surface area contributed by atoms with Crippen LogP contribution in [0.2, 0.25) is 0 Å². The molecule has 0 radical (unpaired) electrons. The van der Waals surface area contributed by atoms with Gasteiger partial charge in [-0.3, -0.25) is 9.59 Å². The van der Waals surface area contributed by atoms with Gasteiger partial charge < -0.3 is 15.2 Å². The molecule has 9 heteroatoms. The monoisotopic (exact) mass is 458 g/mol. The second-order valence-corrected chi connectivity index (χ2v) is 10.9. The van der Waals surface area contributed by atoms with Crippen molar-refractivity contribution in [2.45, 2.75) is 76.9 Å². The van der Waals surface area contributed by atoms with Gasteiger partial charge in [-0.05, 0) is 44.4 Å². The number of carbonyl (C=O) groups is 2. The molecule has 2 aliphatic heterocycles. The molecular weight excluding hydrogens is 420 g/mol. The van der Waals surface area contributed by atoms with E-state index in [1.165, 1.54) is 7.05 Å². The van der Waals surface area contributed by atoms with Gasteiger partial charge in [0.25, 0.3) is 0 Å². The van der Waals surface area contributed by atoms with Crippen molar-refractivity contribution in [1.82, 2.24) is 9.62 Å².